The number of hydrogen-bond acceptors (Lipinski definition) is 0. The Balaban J connectivity index is 2.91. The van der Waals surface area contributed by atoms with Crippen molar-refractivity contribution < 1.29 is 39.5 Å². The fourth-order valence-electron chi connectivity index (χ4n) is 2.38. The van der Waals surface area contributed by atoms with E-state index in [1.165, 1.54) is 0 Å². The first kappa shape index (κ1) is 19.1. The first-order chi connectivity index (χ1) is 11.2. The molecule has 0 saturated heterocycles. The van der Waals surface area contributed by atoms with Gasteiger partial charge < -0.3 is 0 Å². The molecule has 2 rings (SSSR count). The van der Waals surface area contributed by atoms with Crippen molar-refractivity contribution in [3.8, 4) is 11.1 Å². The van der Waals surface area contributed by atoms with Crippen LogP contribution in [0.2, 0.25) is 0 Å². The van der Waals surface area contributed by atoms with Crippen LogP contribution in [0.5, 0.6) is 0 Å². The van der Waals surface area contributed by atoms with Crippen LogP contribution >= 0.6 is 0 Å². The molecule has 136 valence electrons. The van der Waals surface area contributed by atoms with Gasteiger partial charge in [-0.3, -0.25) is 0 Å². The minimum absolute atomic E-state index is 0.143. The summed E-state index contributed by atoms with van der Waals surface area (Å²) in [5.74, 6) is 0. The molecule has 0 fully saturated rings. The maximum Gasteiger partial charge on any atom is 0.417 e. The third-order valence-corrected chi connectivity index (χ3v) is 3.51. The van der Waals surface area contributed by atoms with Gasteiger partial charge in [-0.25, -0.2) is 0 Å². The van der Waals surface area contributed by atoms with E-state index in [0.717, 1.165) is 13.0 Å². The molecule has 0 amide bonds. The molecule has 0 aliphatic rings. The predicted molar refractivity (Wildman–Crippen MR) is 71.6 cm³/mol. The molecule has 0 aliphatic carbocycles. The Kier molecular flexibility index (Phi) is 4.56. The summed E-state index contributed by atoms with van der Waals surface area (Å²) >= 11 is 0. The van der Waals surface area contributed by atoms with Crippen LogP contribution in [0.3, 0.4) is 0 Å². The Morgan fingerprint density at radius 3 is 1.52 bits per heavy atom. The summed E-state index contributed by atoms with van der Waals surface area (Å²) in [4.78, 5) is 0. The zero-order valence-electron chi connectivity index (χ0n) is 12.4. The second-order valence-corrected chi connectivity index (χ2v) is 5.25. The molecule has 2 aromatic rings. The van der Waals surface area contributed by atoms with Gasteiger partial charge in [0.25, 0.3) is 0 Å². The van der Waals surface area contributed by atoms with Gasteiger partial charge in [-0.1, -0.05) is 12.1 Å². The molecule has 25 heavy (non-hydrogen) atoms. The van der Waals surface area contributed by atoms with Gasteiger partial charge in [0.05, 0.1) is 16.7 Å². The molecule has 0 spiro atoms. The molecular formula is C16H9F9. The fourth-order valence-corrected chi connectivity index (χ4v) is 2.38. The van der Waals surface area contributed by atoms with Gasteiger partial charge in [-0.2, -0.15) is 39.5 Å². The largest absolute Gasteiger partial charge is 0.417 e. The lowest BCUT2D eigenvalue weighted by atomic mass is 9.89. The summed E-state index contributed by atoms with van der Waals surface area (Å²) in [6.45, 7) is 1.14. The number of hydrogen-bond donors (Lipinski definition) is 0. The van der Waals surface area contributed by atoms with Gasteiger partial charge in [0.15, 0.2) is 0 Å². The van der Waals surface area contributed by atoms with Crippen LogP contribution in [0.4, 0.5) is 39.5 Å². The average Bonchev–Trinajstić information content (AvgIpc) is 2.44. The van der Waals surface area contributed by atoms with Crippen molar-refractivity contribution in [2.24, 2.45) is 0 Å². The number of alkyl halides is 9. The van der Waals surface area contributed by atoms with Crippen molar-refractivity contribution in [2.75, 3.05) is 0 Å². The van der Waals surface area contributed by atoms with Crippen molar-refractivity contribution in [1.82, 2.24) is 0 Å². The van der Waals surface area contributed by atoms with Gasteiger partial charge in [0, 0.05) is 5.56 Å². The summed E-state index contributed by atoms with van der Waals surface area (Å²) in [6, 6.07) is 3.12. The van der Waals surface area contributed by atoms with Crippen LogP contribution in [0.15, 0.2) is 36.4 Å². The first-order valence-electron chi connectivity index (χ1n) is 6.68. The summed E-state index contributed by atoms with van der Waals surface area (Å²) in [6.07, 6.45) is -15.2. The Morgan fingerprint density at radius 2 is 1.12 bits per heavy atom. The van der Waals surface area contributed by atoms with Gasteiger partial charge >= 0.3 is 18.5 Å². The van der Waals surface area contributed by atoms with E-state index in [1.807, 2.05) is 0 Å². The van der Waals surface area contributed by atoms with Crippen LogP contribution in [-0.4, -0.2) is 0 Å². The Labute approximate surface area is 135 Å². The molecule has 0 bridgehead atoms. The molecular weight excluding hydrogens is 363 g/mol. The smallest absolute Gasteiger partial charge is 0.166 e. The summed E-state index contributed by atoms with van der Waals surface area (Å²) in [7, 11) is 0. The van der Waals surface area contributed by atoms with Crippen LogP contribution in [0.25, 0.3) is 11.1 Å². The molecule has 0 heterocycles. The summed E-state index contributed by atoms with van der Waals surface area (Å²) in [5, 5.41) is 0. The minimum Gasteiger partial charge on any atom is -0.166 e. The van der Waals surface area contributed by atoms with Crippen LogP contribution in [-0.2, 0) is 18.5 Å². The van der Waals surface area contributed by atoms with Crippen molar-refractivity contribution in [1.29, 1.82) is 0 Å². The van der Waals surface area contributed by atoms with Gasteiger partial charge in [0.2, 0.25) is 0 Å². The molecule has 0 nitrogen and oxygen atoms in total. The quantitative estimate of drug-likeness (QED) is 0.488. The molecule has 0 unspecified atom stereocenters. The number of halogens is 9. The lowest BCUT2D eigenvalue weighted by Crippen LogP contribution is -2.15. The van der Waals surface area contributed by atoms with Crippen molar-refractivity contribution >= 4 is 0 Å². The molecule has 0 saturated carbocycles. The standard InChI is InChI=1S/C16H9F9/c1-8-5-6-9(14(17,18)19)7-10(8)13-11(15(20,21)22)3-2-4-12(13)16(23,24)25/h2-7H,1H3. The van der Waals surface area contributed by atoms with Gasteiger partial charge in [0.1, 0.15) is 0 Å². The van der Waals surface area contributed by atoms with E-state index in [0.29, 0.717) is 30.3 Å². The lowest BCUT2D eigenvalue weighted by molar-refractivity contribution is -0.142. The highest BCUT2D eigenvalue weighted by Crippen LogP contribution is 2.46. The molecule has 0 atom stereocenters. The second kappa shape index (κ2) is 5.96. The highest BCUT2D eigenvalue weighted by molar-refractivity contribution is 5.75. The topological polar surface area (TPSA) is 0 Å². The SMILES string of the molecule is Cc1ccc(C(F)(F)F)cc1-c1c(C(F)(F)F)cccc1C(F)(F)F. The lowest BCUT2D eigenvalue weighted by Gasteiger charge is -2.21. The Hall–Kier alpha value is -2.19. The highest BCUT2D eigenvalue weighted by Gasteiger charge is 2.41. The molecule has 0 radical (unpaired) electrons. The molecule has 0 aromatic heterocycles. The van der Waals surface area contributed by atoms with E-state index in [2.05, 4.69) is 0 Å². The van der Waals surface area contributed by atoms with E-state index >= 15 is 0 Å². The van der Waals surface area contributed by atoms with E-state index in [4.69, 9.17) is 0 Å². The zero-order chi connectivity index (χ0) is 19.2. The summed E-state index contributed by atoms with van der Waals surface area (Å²) < 4.78 is 118. The molecule has 0 N–H and O–H groups in total. The number of aryl methyl sites for hydroxylation is 1. The Morgan fingerprint density at radius 1 is 0.640 bits per heavy atom. The second-order valence-electron chi connectivity index (χ2n) is 5.25. The molecule has 2 aromatic carbocycles. The normalized spacial score (nSPS) is 13.2. The number of benzene rings is 2. The summed E-state index contributed by atoms with van der Waals surface area (Å²) in [5.41, 5.74) is -6.86. The first-order valence-corrected chi connectivity index (χ1v) is 6.68. The van der Waals surface area contributed by atoms with Crippen molar-refractivity contribution in [3.63, 3.8) is 0 Å². The van der Waals surface area contributed by atoms with Crippen LogP contribution in [0, 0.1) is 6.92 Å². The third-order valence-electron chi connectivity index (χ3n) is 3.51. The monoisotopic (exact) mass is 372 g/mol. The van der Waals surface area contributed by atoms with Gasteiger partial charge in [-0.05, 0) is 42.3 Å². The Bertz CT molecular complexity index is 747. The third kappa shape index (κ3) is 3.91. The van der Waals surface area contributed by atoms with E-state index in [9.17, 15) is 39.5 Å². The highest BCUT2D eigenvalue weighted by atomic mass is 19.4. The predicted octanol–water partition coefficient (Wildman–Crippen LogP) is 6.72. The van der Waals surface area contributed by atoms with Crippen LogP contribution < -0.4 is 0 Å². The maximum atomic E-state index is 13.2. The maximum absolute atomic E-state index is 13.2. The molecule has 9 heteroatoms. The van der Waals surface area contributed by atoms with E-state index < -0.39 is 46.3 Å². The zero-order valence-corrected chi connectivity index (χ0v) is 12.4. The molecule has 0 aliphatic heterocycles. The minimum atomic E-state index is -5.17. The van der Waals surface area contributed by atoms with Gasteiger partial charge in [-0.15, -0.1) is 0 Å². The van der Waals surface area contributed by atoms with E-state index in [-0.39, 0.29) is 5.56 Å². The van der Waals surface area contributed by atoms with E-state index in [1.54, 1.807) is 0 Å². The number of rotatable bonds is 1. The van der Waals surface area contributed by atoms with Crippen LogP contribution in [0.1, 0.15) is 22.3 Å². The average molecular weight is 372 g/mol. The van der Waals surface area contributed by atoms with Crippen molar-refractivity contribution in [2.45, 2.75) is 25.5 Å². The fraction of sp³-hybridized carbons (Fsp3) is 0.250. The van der Waals surface area contributed by atoms with Crippen molar-refractivity contribution in [3.05, 3.63) is 58.7 Å².